The summed E-state index contributed by atoms with van der Waals surface area (Å²) in [7, 11) is 1.55. The van der Waals surface area contributed by atoms with Gasteiger partial charge in [0.05, 0.1) is 18.7 Å². The lowest BCUT2D eigenvalue weighted by molar-refractivity contribution is 0.413. The van der Waals surface area contributed by atoms with Gasteiger partial charge in [0.2, 0.25) is 0 Å². The second-order valence-electron chi connectivity index (χ2n) is 8.17. The molecule has 0 amide bonds. The fraction of sp³-hybridized carbons (Fsp3) is 0.111. The van der Waals surface area contributed by atoms with Crippen LogP contribution in [0, 0.1) is 0 Å². The molecule has 1 aliphatic rings. The van der Waals surface area contributed by atoms with E-state index in [-0.39, 0.29) is 33.2 Å². The molecule has 3 heterocycles. The zero-order chi connectivity index (χ0) is 23.4. The Balaban J connectivity index is 1.63. The molecule has 1 unspecified atom stereocenters. The minimum atomic E-state index is -0.694. The molecule has 2 aromatic heterocycles. The molecule has 1 aliphatic heterocycles. The minimum Gasteiger partial charge on any atom is -0.505 e. The van der Waals surface area contributed by atoms with Gasteiger partial charge in [0.1, 0.15) is 16.0 Å². The molecule has 1 atom stereocenters. The summed E-state index contributed by atoms with van der Waals surface area (Å²) < 4.78 is 12.7. The second kappa shape index (κ2) is 7.81. The maximum Gasteiger partial charge on any atom is 0.354 e. The van der Waals surface area contributed by atoms with Gasteiger partial charge >= 0.3 is 5.63 Å². The lowest BCUT2D eigenvalue weighted by Gasteiger charge is -2.16. The summed E-state index contributed by atoms with van der Waals surface area (Å²) >= 11 is 1.04. The van der Waals surface area contributed by atoms with Crippen molar-refractivity contribution in [3.8, 4) is 11.5 Å². The highest BCUT2D eigenvalue weighted by Crippen LogP contribution is 2.41. The van der Waals surface area contributed by atoms with Crippen LogP contribution in [0.4, 0.5) is 0 Å². The van der Waals surface area contributed by atoms with Crippen LogP contribution in [0.3, 0.4) is 0 Å². The molecule has 3 aromatic carbocycles. The molecule has 0 radical (unpaired) electrons. The monoisotopic (exact) mass is 469 g/mol. The second-order valence-corrected chi connectivity index (χ2v) is 9.26. The molecule has 168 valence electrons. The third kappa shape index (κ3) is 3.04. The largest absolute Gasteiger partial charge is 0.505 e. The zero-order valence-electron chi connectivity index (χ0n) is 18.1. The molecular formula is C27H19NO5S. The van der Waals surface area contributed by atoms with Crippen molar-refractivity contribution in [1.82, 2.24) is 4.57 Å². The van der Waals surface area contributed by atoms with Crippen molar-refractivity contribution in [2.24, 2.45) is 0 Å². The van der Waals surface area contributed by atoms with Gasteiger partial charge in [-0.1, -0.05) is 60.3 Å². The Hall–Kier alpha value is -3.97. The number of methoxy groups -OCH3 is 1. The highest BCUT2D eigenvalue weighted by Gasteiger charge is 2.31. The van der Waals surface area contributed by atoms with Gasteiger partial charge in [-0.15, -0.1) is 0 Å². The first kappa shape index (κ1) is 20.6. The SMILES string of the molecule is COc1cccc(Sc2c(O)c3c(=O)n4c5c(cccc5c3oc2=O)CC4c2ccccc2)c1. The van der Waals surface area contributed by atoms with Gasteiger partial charge in [-0.3, -0.25) is 9.36 Å². The fourth-order valence-corrected chi connectivity index (χ4v) is 5.63. The Morgan fingerprint density at radius 3 is 2.62 bits per heavy atom. The van der Waals surface area contributed by atoms with E-state index in [2.05, 4.69) is 0 Å². The van der Waals surface area contributed by atoms with Crippen molar-refractivity contribution in [2.45, 2.75) is 22.3 Å². The average molecular weight is 470 g/mol. The average Bonchev–Trinajstić information content (AvgIpc) is 3.26. The molecule has 0 aliphatic carbocycles. The van der Waals surface area contributed by atoms with E-state index in [0.29, 0.717) is 22.5 Å². The highest BCUT2D eigenvalue weighted by atomic mass is 32.2. The Labute approximate surface area is 198 Å². The summed E-state index contributed by atoms with van der Waals surface area (Å²) in [6, 6.07) is 22.4. The van der Waals surface area contributed by atoms with E-state index >= 15 is 0 Å². The topological polar surface area (TPSA) is 81.7 Å². The number of fused-ring (bicyclic) bond motifs is 2. The van der Waals surface area contributed by atoms with Crippen LogP contribution < -0.4 is 15.9 Å². The zero-order valence-corrected chi connectivity index (χ0v) is 19.0. The van der Waals surface area contributed by atoms with Crippen LogP contribution in [0.2, 0.25) is 0 Å². The van der Waals surface area contributed by atoms with Gasteiger partial charge < -0.3 is 14.3 Å². The van der Waals surface area contributed by atoms with Crippen LogP contribution >= 0.6 is 11.8 Å². The van der Waals surface area contributed by atoms with Crippen molar-refractivity contribution in [3.63, 3.8) is 0 Å². The van der Waals surface area contributed by atoms with Gasteiger partial charge in [-0.2, -0.15) is 0 Å². The number of hydrogen-bond acceptors (Lipinski definition) is 6. The maximum atomic E-state index is 13.8. The number of aromatic nitrogens is 1. The lowest BCUT2D eigenvalue weighted by atomic mass is 10.0. The molecule has 0 spiro atoms. The van der Waals surface area contributed by atoms with E-state index in [1.54, 1.807) is 35.9 Å². The highest BCUT2D eigenvalue weighted by molar-refractivity contribution is 7.99. The number of aromatic hydroxyl groups is 1. The van der Waals surface area contributed by atoms with Crippen LogP contribution in [0.5, 0.6) is 11.5 Å². The first-order valence-electron chi connectivity index (χ1n) is 10.8. The molecule has 0 saturated carbocycles. The van der Waals surface area contributed by atoms with Crippen molar-refractivity contribution in [3.05, 3.63) is 105 Å². The molecular weight excluding hydrogens is 450 g/mol. The Morgan fingerprint density at radius 1 is 1.03 bits per heavy atom. The third-order valence-electron chi connectivity index (χ3n) is 6.27. The van der Waals surface area contributed by atoms with E-state index in [1.165, 1.54) is 0 Å². The fourth-order valence-electron chi connectivity index (χ4n) is 4.75. The maximum absolute atomic E-state index is 13.8. The van der Waals surface area contributed by atoms with E-state index in [9.17, 15) is 14.7 Å². The molecule has 7 heteroatoms. The smallest absolute Gasteiger partial charge is 0.354 e. The summed E-state index contributed by atoms with van der Waals surface area (Å²) in [6.45, 7) is 0. The molecule has 34 heavy (non-hydrogen) atoms. The predicted molar refractivity (Wildman–Crippen MR) is 131 cm³/mol. The number of para-hydroxylation sites is 1. The number of pyridine rings is 1. The molecule has 1 N–H and O–H groups in total. The number of ether oxygens (including phenoxy) is 1. The number of nitrogens with zero attached hydrogens (tertiary/aromatic N) is 1. The number of benzene rings is 3. The first-order chi connectivity index (χ1) is 16.6. The van der Waals surface area contributed by atoms with Crippen LogP contribution in [-0.4, -0.2) is 16.8 Å². The molecule has 5 aromatic rings. The van der Waals surface area contributed by atoms with Crippen molar-refractivity contribution in [1.29, 1.82) is 0 Å². The molecule has 6 nitrogen and oxygen atoms in total. The van der Waals surface area contributed by atoms with Crippen molar-refractivity contribution < 1.29 is 14.3 Å². The standard InChI is InChI=1S/C27H19NO5S/c1-32-17-10-6-11-18(14-17)34-25-23(29)21-24(33-27(25)31)19-12-5-9-16-13-20(15-7-3-2-4-8-15)28(22(16)19)26(21)30/h2-12,14,20,29H,13H2,1H3. The summed E-state index contributed by atoms with van der Waals surface area (Å²) in [5.41, 5.74) is 1.79. The molecule has 0 saturated heterocycles. The number of rotatable bonds is 4. The molecule has 0 fully saturated rings. The van der Waals surface area contributed by atoms with E-state index in [4.69, 9.17) is 9.15 Å². The Kier molecular flexibility index (Phi) is 4.74. The summed E-state index contributed by atoms with van der Waals surface area (Å²) in [5, 5.41) is 11.9. The summed E-state index contributed by atoms with van der Waals surface area (Å²) in [4.78, 5) is 27.4. The van der Waals surface area contributed by atoms with Gasteiger partial charge in [0, 0.05) is 10.3 Å². The Morgan fingerprint density at radius 2 is 1.82 bits per heavy atom. The molecule has 0 bridgehead atoms. The van der Waals surface area contributed by atoms with E-state index in [0.717, 1.165) is 28.4 Å². The lowest BCUT2D eigenvalue weighted by Crippen LogP contribution is -2.24. The molecule has 6 rings (SSSR count). The van der Waals surface area contributed by atoms with E-state index in [1.807, 2.05) is 48.5 Å². The van der Waals surface area contributed by atoms with E-state index < -0.39 is 5.63 Å². The summed E-state index contributed by atoms with van der Waals surface area (Å²) in [6.07, 6.45) is 0.642. The van der Waals surface area contributed by atoms with Gasteiger partial charge in [-0.25, -0.2) is 4.79 Å². The third-order valence-corrected chi connectivity index (χ3v) is 7.32. The van der Waals surface area contributed by atoms with Crippen LogP contribution in [0.1, 0.15) is 17.2 Å². The van der Waals surface area contributed by atoms with Gasteiger partial charge in [-0.05, 0) is 41.8 Å². The van der Waals surface area contributed by atoms with Crippen LogP contribution in [0.15, 0.2) is 96.6 Å². The Bertz CT molecular complexity index is 1700. The quantitative estimate of drug-likeness (QED) is 0.368. The van der Waals surface area contributed by atoms with Gasteiger partial charge in [0.15, 0.2) is 11.3 Å². The van der Waals surface area contributed by atoms with Crippen molar-refractivity contribution >= 4 is 33.6 Å². The first-order valence-corrected chi connectivity index (χ1v) is 11.6. The minimum absolute atomic E-state index is 0.0116. The van der Waals surface area contributed by atoms with Crippen LogP contribution in [0.25, 0.3) is 21.9 Å². The normalized spacial score (nSPS) is 14.7. The number of hydrogen-bond donors (Lipinski definition) is 1. The van der Waals surface area contributed by atoms with Crippen molar-refractivity contribution in [2.75, 3.05) is 7.11 Å². The van der Waals surface area contributed by atoms with Gasteiger partial charge in [0.25, 0.3) is 5.56 Å². The predicted octanol–water partition coefficient (Wildman–Crippen LogP) is 5.12. The van der Waals surface area contributed by atoms with Crippen LogP contribution in [-0.2, 0) is 6.42 Å². The summed E-state index contributed by atoms with van der Waals surface area (Å²) in [5.74, 6) is 0.256.